The van der Waals surface area contributed by atoms with Crippen molar-refractivity contribution in [3.05, 3.63) is 108 Å². The number of anilines is 1. The van der Waals surface area contributed by atoms with Gasteiger partial charge in [-0.3, -0.25) is 15.1 Å². The Hall–Kier alpha value is 0.369. The van der Waals surface area contributed by atoms with Gasteiger partial charge >= 0.3 is 94.6 Å². The second kappa shape index (κ2) is 30.4. The van der Waals surface area contributed by atoms with E-state index < -0.39 is 75.8 Å². The van der Waals surface area contributed by atoms with Gasteiger partial charge < -0.3 is 46.1 Å². The maximum Gasteiger partial charge on any atom is 1.00 e. The minimum Gasteiger partial charge on any atom is -0.744 e. The molecule has 0 bridgehead atoms. The summed E-state index contributed by atoms with van der Waals surface area (Å²) in [4.78, 5) is 9.70. The van der Waals surface area contributed by atoms with E-state index in [4.69, 9.17) is 37.9 Å². The van der Waals surface area contributed by atoms with Crippen LogP contribution in [0, 0.1) is 0 Å². The molecule has 7 N–H and O–H groups in total. The van der Waals surface area contributed by atoms with Gasteiger partial charge in [0.25, 0.3) is 0 Å². The van der Waals surface area contributed by atoms with Crippen LogP contribution in [0.15, 0.2) is 112 Å². The first-order valence-corrected chi connectivity index (χ1v) is 19.7. The van der Waals surface area contributed by atoms with Crippen molar-refractivity contribution in [3.63, 3.8) is 0 Å². The van der Waals surface area contributed by atoms with Gasteiger partial charge in [0.05, 0.1) is 61.7 Å². The number of carboxylic acids is 1. The van der Waals surface area contributed by atoms with E-state index in [2.05, 4.69) is 20.1 Å². The van der Waals surface area contributed by atoms with E-state index in [0.717, 1.165) is 17.8 Å². The van der Waals surface area contributed by atoms with Crippen molar-refractivity contribution in [1.29, 1.82) is 0 Å². The monoisotopic (exact) mass is 986 g/mol. The van der Waals surface area contributed by atoms with Gasteiger partial charge in [-0.25, -0.2) is 16.8 Å². The Balaban J connectivity index is -0.000000934. The summed E-state index contributed by atoms with van der Waals surface area (Å²) in [5.41, 5.74) is 1.69. The molecule has 0 atom stereocenters. The third-order valence-electron chi connectivity index (χ3n) is 6.61. The Morgan fingerprint density at radius 2 is 1.21 bits per heavy atom. The van der Waals surface area contributed by atoms with Crippen LogP contribution >= 0.6 is 31.6 Å². The molecule has 0 aliphatic heterocycles. The fourth-order valence-electron chi connectivity index (χ4n) is 3.98. The summed E-state index contributed by atoms with van der Waals surface area (Å²) in [6.07, 6.45) is 0. The van der Waals surface area contributed by atoms with Crippen molar-refractivity contribution in [1.82, 2.24) is 5.32 Å². The maximum absolute atomic E-state index is 11.5. The van der Waals surface area contributed by atoms with Crippen LogP contribution in [0.5, 0.6) is 0 Å². The number of aliphatic hydroxyl groups excluding tert-OH is 3. The number of hydrogen-bond acceptors (Lipinski definition) is 16. The third kappa shape index (κ3) is 21.2. The van der Waals surface area contributed by atoms with Crippen molar-refractivity contribution < 1.29 is 175 Å². The van der Waals surface area contributed by atoms with Crippen molar-refractivity contribution in [3.8, 4) is 0 Å². The third-order valence-corrected chi connectivity index (χ3v) is 11.8. The Morgan fingerprint density at radius 3 is 1.59 bits per heavy atom. The maximum atomic E-state index is 11.5. The number of hydrogen-bond donors (Lipinski definition) is 6. The van der Waals surface area contributed by atoms with Crippen molar-refractivity contribution in [2.45, 2.75) is 20.2 Å². The zero-order valence-electron chi connectivity index (χ0n) is 29.9. The van der Waals surface area contributed by atoms with Crippen LogP contribution in [-0.2, 0) is 54.5 Å². The average Bonchev–Trinajstić information content (AvgIpc) is 3.12. The van der Waals surface area contributed by atoms with Crippen LogP contribution in [0.3, 0.4) is 0 Å². The van der Waals surface area contributed by atoms with Gasteiger partial charge in [0, 0.05) is 35.7 Å². The summed E-state index contributed by atoms with van der Waals surface area (Å²) in [6.45, 7) is -1.98. The summed E-state index contributed by atoms with van der Waals surface area (Å²) in [5, 5.41) is 52.4. The van der Waals surface area contributed by atoms with E-state index in [1.54, 1.807) is 60.7 Å². The molecule has 1 radical (unpaired) electrons. The molecule has 4 rings (SSSR count). The Morgan fingerprint density at radius 1 is 0.786 bits per heavy atom. The SMILES string of the molecule is O=C(O)CNC(CO)(CO)CO.O=S(=O)([O-])c1cccc([PH+](c2cccc(SOO[O-])c2)c2cccc(S(=O)(=O)[O-])c2)c1.[NH-]Nc1ccc(Cl)cc1.[Na+].[Na+].[Na+].[Tc]. The number of carbonyl (C=O) groups is 1. The predicted octanol–water partition coefficient (Wildman–Crippen LogP) is -8.68. The summed E-state index contributed by atoms with van der Waals surface area (Å²) >= 11 is 6.23. The van der Waals surface area contributed by atoms with Crippen molar-refractivity contribution in [2.75, 3.05) is 31.8 Å². The van der Waals surface area contributed by atoms with Crippen molar-refractivity contribution in [2.24, 2.45) is 0 Å². The molecular formula is C30H32ClN3Na3O14PS3Tc. The molecule has 0 saturated heterocycles. The normalized spacial score (nSPS) is 10.7. The summed E-state index contributed by atoms with van der Waals surface area (Å²) in [7, 11) is -11.5. The number of carboxylic acid groups (broad SMARTS) is 1. The van der Waals surface area contributed by atoms with E-state index >= 15 is 0 Å². The molecule has 26 heteroatoms. The molecule has 291 valence electrons. The Kier molecular flexibility index (Phi) is 32.9. The first kappa shape index (κ1) is 60.7. The van der Waals surface area contributed by atoms with Gasteiger partial charge in [-0.2, -0.15) is 4.33 Å². The van der Waals surface area contributed by atoms with E-state index in [1.165, 1.54) is 24.3 Å². The molecule has 17 nitrogen and oxygen atoms in total. The minimum absolute atomic E-state index is 0. The molecule has 0 aromatic heterocycles. The molecular weight excluding hydrogens is 956 g/mol. The van der Waals surface area contributed by atoms with Gasteiger partial charge in [0.15, 0.2) is 0 Å². The first-order valence-electron chi connectivity index (χ1n) is 14.2. The molecule has 0 unspecified atom stereocenters. The molecule has 0 spiro atoms. The molecule has 0 aliphatic rings. The van der Waals surface area contributed by atoms with Crippen LogP contribution in [0.1, 0.15) is 0 Å². The smallest absolute Gasteiger partial charge is 0.744 e. The number of benzene rings is 4. The van der Waals surface area contributed by atoms with Gasteiger partial charge in [-0.1, -0.05) is 29.8 Å². The van der Waals surface area contributed by atoms with Gasteiger partial charge in [0.1, 0.15) is 36.1 Å². The van der Waals surface area contributed by atoms with Crippen LogP contribution < -0.4 is 121 Å². The molecule has 0 fully saturated rings. The summed E-state index contributed by atoms with van der Waals surface area (Å²) in [5.74, 6) is 5.61. The zero-order chi connectivity index (χ0) is 39.0. The topological polar surface area (TPSA) is 302 Å². The Labute approximate surface area is 414 Å². The zero-order valence-corrected chi connectivity index (χ0v) is 42.0. The average molecular weight is 988 g/mol. The molecule has 0 heterocycles. The van der Waals surface area contributed by atoms with Crippen molar-refractivity contribution >= 4 is 79.4 Å². The van der Waals surface area contributed by atoms with Gasteiger partial charge in [0.2, 0.25) is 0 Å². The number of aliphatic carboxylic acids is 1. The predicted molar refractivity (Wildman–Crippen MR) is 190 cm³/mol. The standard InChI is InChI=1S/C18H15O9PS3.C6H6ClN2.C6H13NO5.3Na.Tc/c19-26-27-29-16-7-1-4-13(10-16)28(14-5-2-8-17(11-14)30(20,21)22)15-6-3-9-18(12-15)31(23,24)25;7-5-1-3-6(9-8)4-2-5;8-2-6(3-9,4-10)7-1-5(11)12;;;;/h1-12,19H,(H,20,21,22)(H,23,24,25);1-4,8-9H;7-10H,1-4H2,(H,11,12);;;;/q;-1;;3*+1;/p-2. The number of halogens is 1. The largest absolute Gasteiger partial charge is 1.00 e. The quantitative estimate of drug-likeness (QED) is 0.0161. The van der Waals surface area contributed by atoms with E-state index in [0.29, 0.717) is 37.9 Å². The molecule has 0 amide bonds. The number of nitrogens with one attached hydrogen (secondary N) is 3. The van der Waals surface area contributed by atoms with Crippen LogP contribution in [-0.4, -0.2) is 84.2 Å². The molecule has 56 heavy (non-hydrogen) atoms. The Bertz CT molecular complexity index is 1900. The summed E-state index contributed by atoms with van der Waals surface area (Å²) in [6, 6.07) is 24.4. The molecule has 4 aromatic rings. The summed E-state index contributed by atoms with van der Waals surface area (Å²) < 4.78 is 73.4. The second-order valence-electron chi connectivity index (χ2n) is 10.2. The second-order valence-corrected chi connectivity index (χ2v) is 16.7. The minimum atomic E-state index is -4.73. The number of aliphatic hydroxyl groups is 3. The molecule has 4 aromatic carbocycles. The number of rotatable bonds is 15. The van der Waals surface area contributed by atoms with Gasteiger partial charge in [-0.15, -0.1) is 0 Å². The van der Waals surface area contributed by atoms with Crippen LogP contribution in [0.4, 0.5) is 5.69 Å². The fraction of sp³-hybridized carbons (Fsp3) is 0.167. The van der Waals surface area contributed by atoms with E-state index in [-0.39, 0.29) is 109 Å². The molecule has 0 aliphatic carbocycles. The van der Waals surface area contributed by atoms with Crippen LogP contribution in [0.2, 0.25) is 5.02 Å². The molecule has 0 saturated carbocycles. The van der Waals surface area contributed by atoms with E-state index in [1.807, 2.05) is 0 Å². The van der Waals surface area contributed by atoms with E-state index in [9.17, 15) is 36.0 Å². The fourth-order valence-corrected chi connectivity index (χ4v) is 8.56. The van der Waals surface area contributed by atoms with Gasteiger partial charge in [-0.05, 0) is 78.9 Å². The van der Waals surface area contributed by atoms with Crippen LogP contribution in [0.25, 0.3) is 5.84 Å². The first-order chi connectivity index (χ1) is 24.5.